The molecule has 0 bridgehead atoms. The zero-order chi connectivity index (χ0) is 9.47. The molecular formula is C9H14O4. The molecule has 0 spiro atoms. The van der Waals surface area contributed by atoms with Gasteiger partial charge < -0.3 is 14.6 Å². The van der Waals surface area contributed by atoms with E-state index in [1.165, 1.54) is 0 Å². The SMILES string of the molecule is CCC[C@H]1OC[C@]2(O)COC(=O)[C@H]12. The van der Waals surface area contributed by atoms with Gasteiger partial charge in [-0.2, -0.15) is 0 Å². The molecule has 0 aromatic carbocycles. The van der Waals surface area contributed by atoms with Crippen molar-refractivity contribution in [1.82, 2.24) is 0 Å². The first kappa shape index (κ1) is 8.97. The van der Waals surface area contributed by atoms with Gasteiger partial charge in [0.05, 0.1) is 12.7 Å². The summed E-state index contributed by atoms with van der Waals surface area (Å²) in [4.78, 5) is 11.3. The van der Waals surface area contributed by atoms with Crippen molar-refractivity contribution in [1.29, 1.82) is 0 Å². The minimum absolute atomic E-state index is 0.0940. The minimum Gasteiger partial charge on any atom is -0.462 e. The lowest BCUT2D eigenvalue weighted by atomic mass is 9.88. The zero-order valence-electron chi connectivity index (χ0n) is 7.66. The van der Waals surface area contributed by atoms with Crippen LogP contribution in [0.15, 0.2) is 0 Å². The van der Waals surface area contributed by atoms with Crippen molar-refractivity contribution in [3.05, 3.63) is 0 Å². The van der Waals surface area contributed by atoms with Crippen LogP contribution in [-0.4, -0.2) is 36.0 Å². The highest BCUT2D eigenvalue weighted by Crippen LogP contribution is 2.38. The molecule has 1 N–H and O–H groups in total. The number of esters is 1. The van der Waals surface area contributed by atoms with Crippen LogP contribution in [0.25, 0.3) is 0 Å². The number of cyclic esters (lactones) is 1. The van der Waals surface area contributed by atoms with Gasteiger partial charge in [-0.1, -0.05) is 13.3 Å². The molecule has 2 aliphatic heterocycles. The largest absolute Gasteiger partial charge is 0.462 e. The molecule has 0 saturated carbocycles. The van der Waals surface area contributed by atoms with Crippen molar-refractivity contribution in [2.45, 2.75) is 31.5 Å². The molecule has 0 unspecified atom stereocenters. The molecular weight excluding hydrogens is 172 g/mol. The quantitative estimate of drug-likeness (QED) is 0.621. The van der Waals surface area contributed by atoms with Gasteiger partial charge in [-0.15, -0.1) is 0 Å². The first-order chi connectivity index (χ1) is 6.17. The number of ether oxygens (including phenoxy) is 2. The van der Waals surface area contributed by atoms with Crippen molar-refractivity contribution in [2.75, 3.05) is 13.2 Å². The standard InChI is InChI=1S/C9H14O4/c1-2-3-6-7-8(10)13-5-9(7,11)4-12-6/h6-7,11H,2-5H2,1H3/t6-,7+,9+/m1/s1. The number of rotatable bonds is 2. The predicted molar refractivity (Wildman–Crippen MR) is 44.0 cm³/mol. The Morgan fingerprint density at radius 1 is 1.62 bits per heavy atom. The van der Waals surface area contributed by atoms with E-state index in [4.69, 9.17) is 9.47 Å². The van der Waals surface area contributed by atoms with Crippen LogP contribution in [0, 0.1) is 5.92 Å². The van der Waals surface area contributed by atoms with E-state index in [0.29, 0.717) is 0 Å². The Balaban J connectivity index is 2.15. The molecule has 2 fully saturated rings. The second-order valence-electron chi connectivity index (χ2n) is 3.83. The molecule has 74 valence electrons. The molecule has 4 heteroatoms. The van der Waals surface area contributed by atoms with Crippen molar-refractivity contribution in [2.24, 2.45) is 5.92 Å². The monoisotopic (exact) mass is 186 g/mol. The fourth-order valence-electron chi connectivity index (χ4n) is 2.11. The molecule has 2 saturated heterocycles. The van der Waals surface area contributed by atoms with Gasteiger partial charge in [0.15, 0.2) is 0 Å². The summed E-state index contributed by atoms with van der Waals surface area (Å²) in [5.41, 5.74) is -1.04. The Labute approximate surface area is 76.8 Å². The van der Waals surface area contributed by atoms with Gasteiger partial charge in [0, 0.05) is 0 Å². The van der Waals surface area contributed by atoms with Crippen LogP contribution in [-0.2, 0) is 14.3 Å². The van der Waals surface area contributed by atoms with E-state index in [1.807, 2.05) is 6.92 Å². The highest BCUT2D eigenvalue weighted by atomic mass is 16.6. The van der Waals surface area contributed by atoms with Gasteiger partial charge in [-0.25, -0.2) is 0 Å². The van der Waals surface area contributed by atoms with Crippen molar-refractivity contribution >= 4 is 5.97 Å². The summed E-state index contributed by atoms with van der Waals surface area (Å²) in [5, 5.41) is 9.93. The lowest BCUT2D eigenvalue weighted by Gasteiger charge is -2.16. The van der Waals surface area contributed by atoms with Gasteiger partial charge in [-0.05, 0) is 6.42 Å². The maximum absolute atomic E-state index is 11.3. The van der Waals surface area contributed by atoms with Gasteiger partial charge >= 0.3 is 5.97 Å². The molecule has 0 radical (unpaired) electrons. The van der Waals surface area contributed by atoms with E-state index in [1.54, 1.807) is 0 Å². The molecule has 0 amide bonds. The Hall–Kier alpha value is -0.610. The van der Waals surface area contributed by atoms with Crippen LogP contribution < -0.4 is 0 Å². The fraction of sp³-hybridized carbons (Fsp3) is 0.889. The highest BCUT2D eigenvalue weighted by molar-refractivity contribution is 5.77. The number of hydrogen-bond acceptors (Lipinski definition) is 4. The van der Waals surface area contributed by atoms with E-state index in [-0.39, 0.29) is 25.3 Å². The zero-order valence-corrected chi connectivity index (χ0v) is 7.66. The average Bonchev–Trinajstić information content (AvgIpc) is 2.54. The van der Waals surface area contributed by atoms with Crippen LogP contribution >= 0.6 is 0 Å². The summed E-state index contributed by atoms with van der Waals surface area (Å²) < 4.78 is 10.2. The van der Waals surface area contributed by atoms with Crippen molar-refractivity contribution in [3.63, 3.8) is 0 Å². The summed E-state index contributed by atoms with van der Waals surface area (Å²) >= 11 is 0. The van der Waals surface area contributed by atoms with Crippen LogP contribution in [0.5, 0.6) is 0 Å². The minimum atomic E-state index is -1.04. The summed E-state index contributed by atoms with van der Waals surface area (Å²) in [6, 6.07) is 0. The third-order valence-electron chi connectivity index (χ3n) is 2.79. The Kier molecular flexibility index (Phi) is 2.04. The molecule has 0 aromatic rings. The van der Waals surface area contributed by atoms with E-state index in [0.717, 1.165) is 12.8 Å². The lowest BCUT2D eigenvalue weighted by Crippen LogP contribution is -2.39. The van der Waals surface area contributed by atoms with Crippen LogP contribution in [0.4, 0.5) is 0 Å². The maximum atomic E-state index is 11.3. The van der Waals surface area contributed by atoms with Gasteiger partial charge in [0.2, 0.25) is 0 Å². The molecule has 2 heterocycles. The third-order valence-corrected chi connectivity index (χ3v) is 2.79. The van der Waals surface area contributed by atoms with E-state index >= 15 is 0 Å². The first-order valence-corrected chi connectivity index (χ1v) is 4.68. The van der Waals surface area contributed by atoms with Gasteiger partial charge in [0.1, 0.15) is 18.1 Å². The van der Waals surface area contributed by atoms with E-state index in [2.05, 4.69) is 0 Å². The fourth-order valence-corrected chi connectivity index (χ4v) is 2.11. The smallest absolute Gasteiger partial charge is 0.314 e. The molecule has 4 nitrogen and oxygen atoms in total. The topological polar surface area (TPSA) is 55.8 Å². The Bertz CT molecular complexity index is 228. The summed E-state index contributed by atoms with van der Waals surface area (Å²) in [6.45, 7) is 2.35. The summed E-state index contributed by atoms with van der Waals surface area (Å²) in [5.74, 6) is -0.758. The van der Waals surface area contributed by atoms with E-state index in [9.17, 15) is 9.90 Å². The van der Waals surface area contributed by atoms with Crippen LogP contribution in [0.3, 0.4) is 0 Å². The van der Waals surface area contributed by atoms with Gasteiger partial charge in [-0.3, -0.25) is 4.79 Å². The lowest BCUT2D eigenvalue weighted by molar-refractivity contribution is -0.144. The highest BCUT2D eigenvalue weighted by Gasteiger charge is 2.58. The number of fused-ring (bicyclic) bond motifs is 1. The predicted octanol–water partition coefficient (Wildman–Crippen LogP) is 0.0894. The number of aliphatic hydroxyl groups is 1. The molecule has 0 aromatic heterocycles. The summed E-state index contributed by atoms with van der Waals surface area (Å²) in [7, 11) is 0. The molecule has 0 aliphatic carbocycles. The molecule has 2 aliphatic rings. The normalized spacial score (nSPS) is 43.4. The second kappa shape index (κ2) is 2.96. The second-order valence-corrected chi connectivity index (χ2v) is 3.83. The van der Waals surface area contributed by atoms with Crippen molar-refractivity contribution < 1.29 is 19.4 Å². The Morgan fingerprint density at radius 3 is 3.08 bits per heavy atom. The number of carbonyl (C=O) groups is 1. The van der Waals surface area contributed by atoms with Crippen LogP contribution in [0.2, 0.25) is 0 Å². The summed E-state index contributed by atoms with van der Waals surface area (Å²) in [6.07, 6.45) is 1.61. The molecule has 2 rings (SSSR count). The van der Waals surface area contributed by atoms with E-state index < -0.39 is 11.5 Å². The maximum Gasteiger partial charge on any atom is 0.314 e. The third kappa shape index (κ3) is 1.25. The number of carbonyl (C=O) groups excluding carboxylic acids is 1. The molecule has 13 heavy (non-hydrogen) atoms. The van der Waals surface area contributed by atoms with Crippen molar-refractivity contribution in [3.8, 4) is 0 Å². The number of hydrogen-bond donors (Lipinski definition) is 1. The first-order valence-electron chi connectivity index (χ1n) is 4.68. The van der Waals surface area contributed by atoms with Gasteiger partial charge in [0.25, 0.3) is 0 Å². The molecule has 3 atom stereocenters. The van der Waals surface area contributed by atoms with Crippen LogP contribution in [0.1, 0.15) is 19.8 Å². The average molecular weight is 186 g/mol. The Morgan fingerprint density at radius 2 is 2.38 bits per heavy atom.